The van der Waals surface area contributed by atoms with Crippen molar-refractivity contribution in [2.75, 3.05) is 42.6 Å². The first kappa shape index (κ1) is 23.1. The lowest BCUT2D eigenvalue weighted by Gasteiger charge is -2.31. The van der Waals surface area contributed by atoms with Crippen LogP contribution in [0.5, 0.6) is 0 Å². The molecule has 6 rings (SSSR count). The summed E-state index contributed by atoms with van der Waals surface area (Å²) in [5.74, 6) is -3.07. The quantitative estimate of drug-likeness (QED) is 0.631. The number of imide groups is 1. The molecule has 9 nitrogen and oxygen atoms in total. The van der Waals surface area contributed by atoms with Crippen LogP contribution in [0.3, 0.4) is 0 Å². The van der Waals surface area contributed by atoms with E-state index in [0.29, 0.717) is 48.3 Å². The van der Waals surface area contributed by atoms with Crippen molar-refractivity contribution in [1.29, 1.82) is 0 Å². The molecular formula is C26H25ClN4O5. The van der Waals surface area contributed by atoms with E-state index in [9.17, 15) is 19.2 Å². The van der Waals surface area contributed by atoms with Gasteiger partial charge in [0.15, 0.2) is 0 Å². The average molecular weight is 509 g/mol. The number of halogens is 1. The zero-order chi connectivity index (χ0) is 25.2. The van der Waals surface area contributed by atoms with Crippen LogP contribution in [0.1, 0.15) is 12.5 Å². The maximum absolute atomic E-state index is 14.2. The SMILES string of the molecule is C[C@@H]1N[C@]2(C(=O)N(CC(=O)N3CCOCC3)c3ccccc32)[C@H]2C(=O)N(c3cccc(Cl)c3)C(=O)[C@@H]12. The number of amides is 4. The summed E-state index contributed by atoms with van der Waals surface area (Å²) in [5, 5.41) is 3.74. The molecular weight excluding hydrogens is 484 g/mol. The van der Waals surface area contributed by atoms with Crippen LogP contribution in [-0.4, -0.2) is 67.4 Å². The molecule has 0 aromatic heterocycles. The third-order valence-corrected chi connectivity index (χ3v) is 7.97. The maximum atomic E-state index is 14.2. The van der Waals surface area contributed by atoms with E-state index in [1.165, 1.54) is 4.90 Å². The van der Waals surface area contributed by atoms with Gasteiger partial charge in [-0.25, -0.2) is 4.90 Å². The van der Waals surface area contributed by atoms with Gasteiger partial charge in [0.1, 0.15) is 12.1 Å². The Morgan fingerprint density at radius 3 is 2.58 bits per heavy atom. The normalized spacial score (nSPS) is 29.3. The van der Waals surface area contributed by atoms with Gasteiger partial charge >= 0.3 is 0 Å². The molecule has 4 aliphatic heterocycles. The van der Waals surface area contributed by atoms with Gasteiger partial charge in [-0.15, -0.1) is 0 Å². The number of nitrogens with one attached hydrogen (secondary N) is 1. The standard InChI is InChI=1S/C26H25ClN4O5/c1-15-21-22(24(34)31(23(21)33)17-6-4-5-16(27)13-17)26(28-15)18-7-2-3-8-19(18)30(25(26)35)14-20(32)29-9-11-36-12-10-29/h2-8,13,15,21-22,28H,9-12,14H2,1H3/t15-,21-,22+,26-/m0/s1. The maximum Gasteiger partial charge on any atom is 0.253 e. The summed E-state index contributed by atoms with van der Waals surface area (Å²) in [7, 11) is 0. The number of morpholine rings is 1. The second-order valence-corrected chi connectivity index (χ2v) is 10.1. The van der Waals surface area contributed by atoms with Gasteiger partial charge < -0.3 is 14.5 Å². The lowest BCUT2D eigenvalue weighted by Crippen LogP contribution is -2.56. The highest BCUT2D eigenvalue weighted by atomic mass is 35.5. The predicted octanol–water partition coefficient (Wildman–Crippen LogP) is 1.54. The molecule has 0 aliphatic carbocycles. The van der Waals surface area contributed by atoms with Crippen LogP contribution < -0.4 is 15.1 Å². The van der Waals surface area contributed by atoms with Gasteiger partial charge in [-0.2, -0.15) is 0 Å². The molecule has 10 heteroatoms. The summed E-state index contributed by atoms with van der Waals surface area (Å²) in [5.41, 5.74) is 0.128. The fourth-order valence-electron chi connectivity index (χ4n) is 6.18. The minimum atomic E-state index is -1.44. The summed E-state index contributed by atoms with van der Waals surface area (Å²) >= 11 is 6.14. The van der Waals surface area contributed by atoms with Gasteiger partial charge in [0.25, 0.3) is 5.91 Å². The number of carbonyl (C=O) groups is 4. The summed E-state index contributed by atoms with van der Waals surface area (Å²) in [4.78, 5) is 59.1. The van der Waals surface area contributed by atoms with Gasteiger partial charge in [0.05, 0.1) is 30.7 Å². The molecule has 0 unspecified atom stereocenters. The number of benzene rings is 2. The number of rotatable bonds is 3. The zero-order valence-corrected chi connectivity index (χ0v) is 20.4. The molecule has 4 atom stereocenters. The minimum absolute atomic E-state index is 0.148. The number of hydrogen-bond acceptors (Lipinski definition) is 6. The highest BCUT2D eigenvalue weighted by Crippen LogP contribution is 2.55. The Morgan fingerprint density at radius 1 is 1.08 bits per heavy atom. The van der Waals surface area contributed by atoms with Crippen molar-refractivity contribution in [2.45, 2.75) is 18.5 Å². The highest BCUT2D eigenvalue weighted by Gasteiger charge is 2.71. The smallest absolute Gasteiger partial charge is 0.253 e. The molecule has 4 heterocycles. The molecule has 0 bridgehead atoms. The van der Waals surface area contributed by atoms with Crippen LogP contribution in [0.15, 0.2) is 48.5 Å². The molecule has 0 radical (unpaired) electrons. The molecule has 36 heavy (non-hydrogen) atoms. The molecule has 2 aromatic rings. The first-order valence-electron chi connectivity index (χ1n) is 12.0. The van der Waals surface area contributed by atoms with E-state index in [1.54, 1.807) is 53.4 Å². The van der Waals surface area contributed by atoms with Crippen molar-refractivity contribution < 1.29 is 23.9 Å². The van der Waals surface area contributed by atoms with Crippen molar-refractivity contribution in [3.63, 3.8) is 0 Å². The van der Waals surface area contributed by atoms with Crippen molar-refractivity contribution in [3.8, 4) is 0 Å². The topological polar surface area (TPSA) is 99.3 Å². The van der Waals surface area contributed by atoms with Crippen molar-refractivity contribution in [1.82, 2.24) is 10.2 Å². The van der Waals surface area contributed by atoms with Crippen molar-refractivity contribution >= 4 is 46.6 Å². The predicted molar refractivity (Wildman–Crippen MR) is 131 cm³/mol. The molecule has 4 amide bonds. The Bertz CT molecular complexity index is 1290. The lowest BCUT2D eigenvalue weighted by atomic mass is 9.76. The third kappa shape index (κ3) is 3.16. The largest absolute Gasteiger partial charge is 0.378 e. The number of carbonyl (C=O) groups excluding carboxylic acids is 4. The van der Waals surface area contributed by atoms with Crippen LogP contribution in [0.2, 0.25) is 5.02 Å². The van der Waals surface area contributed by atoms with Crippen molar-refractivity contribution in [3.05, 3.63) is 59.1 Å². The lowest BCUT2D eigenvalue weighted by molar-refractivity contribution is -0.136. The van der Waals surface area contributed by atoms with Gasteiger partial charge in [-0.1, -0.05) is 35.9 Å². The van der Waals surface area contributed by atoms with E-state index < -0.39 is 35.2 Å². The number of para-hydroxylation sites is 1. The third-order valence-electron chi connectivity index (χ3n) is 7.74. The van der Waals surface area contributed by atoms with Gasteiger partial charge in [-0.05, 0) is 31.2 Å². The molecule has 0 saturated carbocycles. The number of fused-ring (bicyclic) bond motifs is 4. The Morgan fingerprint density at radius 2 is 1.83 bits per heavy atom. The monoisotopic (exact) mass is 508 g/mol. The molecule has 3 saturated heterocycles. The fourth-order valence-corrected chi connectivity index (χ4v) is 6.37. The van der Waals surface area contributed by atoms with E-state index in [1.807, 2.05) is 6.92 Å². The van der Waals surface area contributed by atoms with Crippen LogP contribution in [0, 0.1) is 11.8 Å². The first-order chi connectivity index (χ1) is 17.3. The van der Waals surface area contributed by atoms with Crippen molar-refractivity contribution in [2.24, 2.45) is 11.8 Å². The number of hydrogen-bond donors (Lipinski definition) is 1. The van der Waals surface area contributed by atoms with E-state index in [0.717, 1.165) is 4.90 Å². The molecule has 3 fully saturated rings. The molecule has 1 N–H and O–H groups in total. The van der Waals surface area contributed by atoms with E-state index in [-0.39, 0.29) is 18.4 Å². The van der Waals surface area contributed by atoms with Crippen LogP contribution in [-0.2, 0) is 29.5 Å². The Kier molecular flexibility index (Phi) is 5.40. The molecule has 2 aromatic carbocycles. The summed E-state index contributed by atoms with van der Waals surface area (Å²) in [6.07, 6.45) is 0. The second kappa shape index (κ2) is 8.40. The van der Waals surface area contributed by atoms with Crippen LogP contribution in [0.4, 0.5) is 11.4 Å². The van der Waals surface area contributed by atoms with E-state index >= 15 is 0 Å². The number of anilines is 2. The molecule has 186 valence electrons. The molecule has 4 aliphatic rings. The van der Waals surface area contributed by atoms with Gasteiger partial charge in [-0.3, -0.25) is 24.5 Å². The van der Waals surface area contributed by atoms with E-state index in [4.69, 9.17) is 16.3 Å². The minimum Gasteiger partial charge on any atom is -0.378 e. The molecule has 1 spiro atoms. The number of nitrogens with zero attached hydrogens (tertiary/aromatic N) is 3. The Hall–Kier alpha value is -3.27. The van der Waals surface area contributed by atoms with Gasteiger partial charge in [0, 0.05) is 35.4 Å². The average Bonchev–Trinajstić information content (AvgIpc) is 3.43. The fraction of sp³-hybridized carbons (Fsp3) is 0.385. The number of ether oxygens (including phenoxy) is 1. The highest BCUT2D eigenvalue weighted by molar-refractivity contribution is 6.31. The van der Waals surface area contributed by atoms with Crippen LogP contribution >= 0.6 is 11.6 Å². The summed E-state index contributed by atoms with van der Waals surface area (Å²) in [6, 6.07) is 13.3. The zero-order valence-electron chi connectivity index (χ0n) is 19.6. The summed E-state index contributed by atoms with van der Waals surface area (Å²) in [6.45, 7) is 3.52. The first-order valence-corrected chi connectivity index (χ1v) is 12.4. The Labute approximate surface area is 212 Å². The van der Waals surface area contributed by atoms with Crippen LogP contribution in [0.25, 0.3) is 0 Å². The Balaban J connectivity index is 1.40. The van der Waals surface area contributed by atoms with E-state index in [2.05, 4.69) is 5.32 Å². The van der Waals surface area contributed by atoms with Gasteiger partial charge in [0.2, 0.25) is 17.7 Å². The summed E-state index contributed by atoms with van der Waals surface area (Å²) < 4.78 is 5.34. The second-order valence-electron chi connectivity index (χ2n) is 9.64.